The molecule has 1 aliphatic rings. The van der Waals surface area contributed by atoms with Crippen molar-refractivity contribution in [3.63, 3.8) is 0 Å². The highest BCUT2D eigenvalue weighted by Crippen LogP contribution is 2.09. The van der Waals surface area contributed by atoms with E-state index in [0.717, 1.165) is 19.3 Å². The van der Waals surface area contributed by atoms with Crippen molar-refractivity contribution in [2.45, 2.75) is 52.5 Å². The number of rotatable bonds is 4. The van der Waals surface area contributed by atoms with E-state index < -0.39 is 11.8 Å². The van der Waals surface area contributed by atoms with Crippen molar-refractivity contribution in [1.29, 1.82) is 0 Å². The van der Waals surface area contributed by atoms with Crippen LogP contribution in [0.4, 0.5) is 0 Å². The highest BCUT2D eigenvalue weighted by molar-refractivity contribution is 6.38. The molecule has 0 aliphatic carbocycles. The van der Waals surface area contributed by atoms with Crippen LogP contribution < -0.4 is 5.73 Å². The summed E-state index contributed by atoms with van der Waals surface area (Å²) in [6.45, 7) is 7.38. The molecular weight excluding hydrogens is 204 g/mol. The number of hydrogen-bond acceptors (Lipinski definition) is 3. The van der Waals surface area contributed by atoms with Gasteiger partial charge < -0.3 is 10.6 Å². The molecule has 1 fully saturated rings. The van der Waals surface area contributed by atoms with Crippen LogP contribution in [-0.4, -0.2) is 35.7 Å². The smallest absolute Gasteiger partial charge is 0.291 e. The molecule has 1 unspecified atom stereocenters. The molecule has 1 heterocycles. The van der Waals surface area contributed by atoms with Gasteiger partial charge in [0.2, 0.25) is 5.78 Å². The van der Waals surface area contributed by atoms with Gasteiger partial charge >= 0.3 is 0 Å². The highest BCUT2D eigenvalue weighted by Gasteiger charge is 2.27. The van der Waals surface area contributed by atoms with Crippen molar-refractivity contribution in [3.8, 4) is 0 Å². The van der Waals surface area contributed by atoms with E-state index in [-0.39, 0.29) is 5.91 Å². The van der Waals surface area contributed by atoms with E-state index in [1.54, 1.807) is 4.90 Å². The van der Waals surface area contributed by atoms with Crippen molar-refractivity contribution in [3.05, 3.63) is 0 Å². The van der Waals surface area contributed by atoms with E-state index in [1.807, 2.05) is 20.8 Å². The Morgan fingerprint density at radius 2 is 1.75 bits per heavy atom. The fourth-order valence-corrected chi connectivity index (χ4v) is 1.68. The van der Waals surface area contributed by atoms with Gasteiger partial charge in [-0.3, -0.25) is 9.59 Å². The number of Topliss-reactive ketones (excluding diaryl/α,β-unsaturated/α-hetero) is 1. The molecule has 0 aromatic heterocycles. The molecule has 0 bridgehead atoms. The molecule has 1 atom stereocenters. The zero-order chi connectivity index (χ0) is 12.6. The predicted octanol–water partition coefficient (Wildman–Crippen LogP) is 1.33. The molecule has 1 rings (SSSR count). The van der Waals surface area contributed by atoms with Crippen LogP contribution in [0.3, 0.4) is 0 Å². The fourth-order valence-electron chi connectivity index (χ4n) is 1.68. The molecule has 4 heteroatoms. The third-order valence-electron chi connectivity index (χ3n) is 2.54. The first kappa shape index (κ1) is 15.1. The van der Waals surface area contributed by atoms with Crippen molar-refractivity contribution < 1.29 is 9.59 Å². The van der Waals surface area contributed by atoms with Crippen LogP contribution in [0.5, 0.6) is 0 Å². The van der Waals surface area contributed by atoms with Crippen LogP contribution in [0.25, 0.3) is 0 Å². The quantitative estimate of drug-likeness (QED) is 0.738. The molecule has 0 aromatic carbocycles. The SMILES string of the molecule is CC.CCCC(N)C(=O)C(=O)N1CCCC1. The molecule has 0 radical (unpaired) electrons. The van der Waals surface area contributed by atoms with Gasteiger partial charge in [0.05, 0.1) is 6.04 Å². The molecule has 2 N–H and O–H groups in total. The minimum absolute atomic E-state index is 0.386. The van der Waals surface area contributed by atoms with Gasteiger partial charge in [0.1, 0.15) is 0 Å². The number of amides is 1. The molecule has 1 amide bonds. The summed E-state index contributed by atoms with van der Waals surface area (Å²) < 4.78 is 0. The van der Waals surface area contributed by atoms with Crippen molar-refractivity contribution in [2.24, 2.45) is 5.73 Å². The Hall–Kier alpha value is -0.900. The van der Waals surface area contributed by atoms with Gasteiger partial charge in [-0.25, -0.2) is 0 Å². The summed E-state index contributed by atoms with van der Waals surface area (Å²) >= 11 is 0. The van der Waals surface area contributed by atoms with Crippen LogP contribution in [0, 0.1) is 0 Å². The maximum Gasteiger partial charge on any atom is 0.291 e. The molecule has 94 valence electrons. The van der Waals surface area contributed by atoms with Crippen LogP contribution >= 0.6 is 0 Å². The predicted molar refractivity (Wildman–Crippen MR) is 65.1 cm³/mol. The minimum atomic E-state index is -0.604. The maximum absolute atomic E-state index is 11.6. The Labute approximate surface area is 98.2 Å². The van der Waals surface area contributed by atoms with Crippen LogP contribution in [-0.2, 0) is 9.59 Å². The molecule has 0 aromatic rings. The van der Waals surface area contributed by atoms with Crippen molar-refractivity contribution in [2.75, 3.05) is 13.1 Å². The van der Waals surface area contributed by atoms with Gasteiger partial charge in [-0.1, -0.05) is 27.2 Å². The summed E-state index contributed by atoms with van der Waals surface area (Å²) in [6.07, 6.45) is 3.43. The fraction of sp³-hybridized carbons (Fsp3) is 0.833. The molecule has 1 saturated heterocycles. The van der Waals surface area contributed by atoms with Gasteiger partial charge in [-0.05, 0) is 19.3 Å². The van der Waals surface area contributed by atoms with Crippen LogP contribution in [0.2, 0.25) is 0 Å². The van der Waals surface area contributed by atoms with Crippen LogP contribution in [0.15, 0.2) is 0 Å². The Kier molecular flexibility index (Phi) is 7.81. The largest absolute Gasteiger partial charge is 0.336 e. The van der Waals surface area contributed by atoms with Crippen molar-refractivity contribution in [1.82, 2.24) is 4.90 Å². The van der Waals surface area contributed by atoms with Gasteiger partial charge in [0.25, 0.3) is 5.91 Å². The van der Waals surface area contributed by atoms with Gasteiger partial charge in [-0.15, -0.1) is 0 Å². The lowest BCUT2D eigenvalue weighted by Gasteiger charge is -2.16. The topological polar surface area (TPSA) is 63.4 Å². The van der Waals surface area contributed by atoms with E-state index in [4.69, 9.17) is 5.73 Å². The summed E-state index contributed by atoms with van der Waals surface area (Å²) in [5, 5.41) is 0. The first-order chi connectivity index (χ1) is 7.66. The third kappa shape index (κ3) is 4.31. The first-order valence-corrected chi connectivity index (χ1v) is 6.25. The number of carbonyl (C=O) groups excluding carboxylic acids is 2. The first-order valence-electron chi connectivity index (χ1n) is 6.25. The Bertz CT molecular complexity index is 223. The average molecular weight is 228 g/mol. The zero-order valence-electron chi connectivity index (χ0n) is 10.7. The summed E-state index contributed by atoms with van der Waals surface area (Å²) in [5.41, 5.74) is 5.60. The molecule has 0 spiro atoms. The molecule has 4 nitrogen and oxygen atoms in total. The van der Waals surface area contributed by atoms with Crippen molar-refractivity contribution >= 4 is 11.7 Å². The molecular formula is C12H24N2O2. The number of hydrogen-bond donors (Lipinski definition) is 1. The van der Waals surface area contributed by atoms with E-state index in [2.05, 4.69) is 0 Å². The number of nitrogens with two attached hydrogens (primary N) is 1. The Morgan fingerprint density at radius 1 is 1.25 bits per heavy atom. The second-order valence-electron chi connectivity index (χ2n) is 3.76. The summed E-state index contributed by atoms with van der Waals surface area (Å²) in [7, 11) is 0. The second-order valence-corrected chi connectivity index (χ2v) is 3.76. The normalized spacial score (nSPS) is 16.4. The number of nitrogens with zero attached hydrogens (tertiary/aromatic N) is 1. The average Bonchev–Trinajstić information content (AvgIpc) is 2.83. The lowest BCUT2D eigenvalue weighted by atomic mass is 10.1. The maximum atomic E-state index is 11.6. The summed E-state index contributed by atoms with van der Waals surface area (Å²) in [6, 6.07) is -0.604. The number of ketones is 1. The summed E-state index contributed by atoms with van der Waals surface area (Å²) in [4.78, 5) is 24.7. The van der Waals surface area contributed by atoms with Gasteiger partial charge in [-0.2, -0.15) is 0 Å². The van der Waals surface area contributed by atoms with Gasteiger partial charge in [0, 0.05) is 13.1 Å². The van der Waals surface area contributed by atoms with E-state index >= 15 is 0 Å². The lowest BCUT2D eigenvalue weighted by Crippen LogP contribution is -2.43. The monoisotopic (exact) mass is 228 g/mol. The summed E-state index contributed by atoms with van der Waals surface area (Å²) in [5.74, 6) is -0.808. The third-order valence-corrected chi connectivity index (χ3v) is 2.54. The number of carbonyl (C=O) groups is 2. The van der Waals surface area contributed by atoms with E-state index in [0.29, 0.717) is 19.5 Å². The number of likely N-dealkylation sites (tertiary alicyclic amines) is 1. The minimum Gasteiger partial charge on any atom is -0.336 e. The van der Waals surface area contributed by atoms with E-state index in [9.17, 15) is 9.59 Å². The standard InChI is InChI=1S/C10H18N2O2.C2H6/c1-2-5-8(11)9(13)10(14)12-6-3-4-7-12;1-2/h8H,2-7,11H2,1H3;1-2H3. The molecule has 16 heavy (non-hydrogen) atoms. The van der Waals surface area contributed by atoms with Crippen LogP contribution in [0.1, 0.15) is 46.5 Å². The van der Waals surface area contributed by atoms with E-state index in [1.165, 1.54) is 0 Å². The second kappa shape index (κ2) is 8.28. The Balaban J connectivity index is 0.00000106. The zero-order valence-corrected chi connectivity index (χ0v) is 10.7. The lowest BCUT2D eigenvalue weighted by molar-refractivity contribution is -0.144. The molecule has 1 aliphatic heterocycles. The Morgan fingerprint density at radius 3 is 2.19 bits per heavy atom. The van der Waals surface area contributed by atoms with Gasteiger partial charge in [0.15, 0.2) is 0 Å². The molecule has 0 saturated carbocycles. The highest BCUT2D eigenvalue weighted by atomic mass is 16.2.